The number of aliphatic hydroxyl groups is 1. The van der Waals surface area contributed by atoms with E-state index in [9.17, 15) is 9.90 Å². The van der Waals surface area contributed by atoms with E-state index >= 15 is 0 Å². The Labute approximate surface area is 124 Å². The summed E-state index contributed by atoms with van der Waals surface area (Å²) in [5.41, 5.74) is 2.03. The zero-order valence-electron chi connectivity index (χ0n) is 12.1. The Morgan fingerprint density at radius 3 is 2.76 bits per heavy atom. The van der Waals surface area contributed by atoms with Gasteiger partial charge in [0.1, 0.15) is 0 Å². The zero-order valence-corrected chi connectivity index (χ0v) is 12.1. The molecule has 2 rings (SSSR count). The number of hydrogen-bond acceptors (Lipinski definition) is 4. The lowest BCUT2D eigenvalue weighted by molar-refractivity contribution is -0.131. The molecule has 1 aliphatic heterocycles. The molecule has 2 atom stereocenters. The van der Waals surface area contributed by atoms with E-state index in [1.165, 1.54) is 0 Å². The lowest BCUT2D eigenvalue weighted by atomic mass is 10.1. The van der Waals surface area contributed by atoms with E-state index in [1.54, 1.807) is 6.08 Å². The molecule has 21 heavy (non-hydrogen) atoms. The minimum absolute atomic E-state index is 0.0438. The molecule has 0 saturated carbocycles. The summed E-state index contributed by atoms with van der Waals surface area (Å²) in [5.74, 6) is -0.948. The Kier molecular flexibility index (Phi) is 5.50. The number of morpholine rings is 1. The van der Waals surface area contributed by atoms with Crippen molar-refractivity contribution in [3.63, 3.8) is 0 Å². The Balaban J connectivity index is 1.97. The van der Waals surface area contributed by atoms with E-state index in [0.29, 0.717) is 12.6 Å². The van der Waals surface area contributed by atoms with Gasteiger partial charge in [-0.15, -0.1) is 0 Å². The molecule has 1 aliphatic rings. The van der Waals surface area contributed by atoms with Crippen LogP contribution in [0.3, 0.4) is 0 Å². The molecule has 0 radical (unpaired) electrons. The fourth-order valence-electron chi connectivity index (χ4n) is 2.34. The maximum Gasteiger partial charge on any atom is 0.328 e. The summed E-state index contributed by atoms with van der Waals surface area (Å²) >= 11 is 0. The van der Waals surface area contributed by atoms with Crippen molar-refractivity contribution in [3.05, 3.63) is 41.5 Å². The van der Waals surface area contributed by atoms with Gasteiger partial charge in [-0.1, -0.05) is 24.3 Å². The average molecular weight is 291 g/mol. The molecule has 1 saturated heterocycles. The van der Waals surface area contributed by atoms with Crippen LogP contribution >= 0.6 is 0 Å². The van der Waals surface area contributed by atoms with Crippen molar-refractivity contribution in [1.82, 2.24) is 4.90 Å². The number of hydrogen-bond donors (Lipinski definition) is 2. The van der Waals surface area contributed by atoms with Gasteiger partial charge in [-0.05, 0) is 24.1 Å². The van der Waals surface area contributed by atoms with Crippen LogP contribution in [0.1, 0.15) is 18.1 Å². The summed E-state index contributed by atoms with van der Waals surface area (Å²) in [6.45, 7) is 4.30. The van der Waals surface area contributed by atoms with Gasteiger partial charge in [0.05, 0.1) is 19.3 Å². The van der Waals surface area contributed by atoms with Crippen molar-refractivity contribution in [3.8, 4) is 0 Å². The smallest absolute Gasteiger partial charge is 0.328 e. The van der Waals surface area contributed by atoms with Gasteiger partial charge in [0, 0.05) is 25.2 Å². The second kappa shape index (κ2) is 7.36. The molecule has 1 aromatic carbocycles. The minimum atomic E-state index is -0.948. The van der Waals surface area contributed by atoms with Crippen LogP contribution in [-0.2, 0) is 16.1 Å². The predicted octanol–water partition coefficient (Wildman–Crippen LogP) is 1.37. The number of aliphatic hydroxyl groups excluding tert-OH is 1. The first kappa shape index (κ1) is 15.7. The lowest BCUT2D eigenvalue weighted by Crippen LogP contribution is -2.48. The van der Waals surface area contributed by atoms with Gasteiger partial charge in [-0.2, -0.15) is 0 Å². The summed E-state index contributed by atoms with van der Waals surface area (Å²) in [6, 6.07) is 8.13. The van der Waals surface area contributed by atoms with E-state index in [2.05, 4.69) is 11.8 Å². The molecule has 2 N–H and O–H groups in total. The van der Waals surface area contributed by atoms with Crippen LogP contribution < -0.4 is 0 Å². The third-order valence-electron chi connectivity index (χ3n) is 3.62. The third-order valence-corrected chi connectivity index (χ3v) is 3.62. The van der Waals surface area contributed by atoms with Crippen LogP contribution in [0.2, 0.25) is 0 Å². The first-order valence-electron chi connectivity index (χ1n) is 7.05. The summed E-state index contributed by atoms with van der Waals surface area (Å²) in [6.07, 6.45) is 2.59. The second-order valence-electron chi connectivity index (χ2n) is 5.33. The molecular formula is C16H21NO4. The van der Waals surface area contributed by atoms with Crippen LogP contribution in [-0.4, -0.2) is 53.0 Å². The fraction of sp³-hybridized carbons (Fsp3) is 0.438. The van der Waals surface area contributed by atoms with Gasteiger partial charge in [0.15, 0.2) is 0 Å². The van der Waals surface area contributed by atoms with Crippen molar-refractivity contribution in [2.75, 3.05) is 19.8 Å². The Bertz CT molecular complexity index is 498. The van der Waals surface area contributed by atoms with E-state index in [1.807, 2.05) is 24.3 Å². The molecule has 1 aromatic rings. The number of nitrogens with zero attached hydrogens (tertiary/aromatic N) is 1. The molecule has 5 heteroatoms. The minimum Gasteiger partial charge on any atom is -0.478 e. The van der Waals surface area contributed by atoms with Crippen LogP contribution in [0, 0.1) is 0 Å². The topological polar surface area (TPSA) is 70.0 Å². The molecule has 1 heterocycles. The van der Waals surface area contributed by atoms with E-state index < -0.39 is 5.97 Å². The maximum atomic E-state index is 10.5. The quantitative estimate of drug-likeness (QED) is 0.802. The monoisotopic (exact) mass is 291 g/mol. The number of benzene rings is 1. The van der Waals surface area contributed by atoms with Crippen LogP contribution in [0.4, 0.5) is 0 Å². The Morgan fingerprint density at radius 2 is 2.14 bits per heavy atom. The fourth-order valence-corrected chi connectivity index (χ4v) is 2.34. The number of carboxylic acids is 1. The highest BCUT2D eigenvalue weighted by Crippen LogP contribution is 2.16. The molecule has 114 valence electrons. The van der Waals surface area contributed by atoms with Crippen molar-refractivity contribution in [2.45, 2.75) is 25.6 Å². The largest absolute Gasteiger partial charge is 0.478 e. The second-order valence-corrected chi connectivity index (χ2v) is 5.33. The molecule has 1 fully saturated rings. The van der Waals surface area contributed by atoms with Gasteiger partial charge < -0.3 is 14.9 Å². The van der Waals surface area contributed by atoms with E-state index in [4.69, 9.17) is 9.84 Å². The Hall–Kier alpha value is -1.69. The molecule has 0 amide bonds. The summed E-state index contributed by atoms with van der Waals surface area (Å²) in [7, 11) is 0. The number of aliphatic carboxylic acids is 1. The third kappa shape index (κ3) is 4.67. The van der Waals surface area contributed by atoms with Crippen molar-refractivity contribution < 1.29 is 19.7 Å². The maximum absolute atomic E-state index is 10.5. The van der Waals surface area contributed by atoms with Crippen LogP contribution in [0.15, 0.2) is 30.3 Å². The van der Waals surface area contributed by atoms with Crippen molar-refractivity contribution in [2.24, 2.45) is 0 Å². The lowest BCUT2D eigenvalue weighted by Gasteiger charge is -2.37. The normalized spacial score (nSPS) is 23.5. The molecule has 0 aliphatic carbocycles. The average Bonchev–Trinajstić information content (AvgIpc) is 2.48. The van der Waals surface area contributed by atoms with Gasteiger partial charge in [-0.25, -0.2) is 4.79 Å². The van der Waals surface area contributed by atoms with Gasteiger partial charge in [0.2, 0.25) is 0 Å². The molecule has 0 aromatic heterocycles. The van der Waals surface area contributed by atoms with Crippen molar-refractivity contribution in [1.29, 1.82) is 0 Å². The number of carbonyl (C=O) groups is 1. The highest BCUT2D eigenvalue weighted by molar-refractivity contribution is 5.85. The standard InChI is InChI=1S/C16H21NO4/c1-12-11-21-15(10-18)9-17(12)8-14-4-2-13(3-5-14)6-7-16(19)20/h2-7,12,15,18H,8-11H2,1H3,(H,19,20)/b7-6+. The van der Waals surface area contributed by atoms with Gasteiger partial charge >= 0.3 is 5.97 Å². The SMILES string of the molecule is CC1COC(CO)CN1Cc1ccc(/C=C/C(=O)O)cc1. The first-order valence-corrected chi connectivity index (χ1v) is 7.05. The number of rotatable bonds is 5. The van der Waals surface area contributed by atoms with Crippen molar-refractivity contribution >= 4 is 12.0 Å². The molecule has 5 nitrogen and oxygen atoms in total. The summed E-state index contributed by atoms with van der Waals surface area (Å²) in [4.78, 5) is 12.8. The van der Waals surface area contributed by atoms with Gasteiger partial charge in [-0.3, -0.25) is 4.90 Å². The van der Waals surface area contributed by atoms with Gasteiger partial charge in [0.25, 0.3) is 0 Å². The Morgan fingerprint density at radius 1 is 1.43 bits per heavy atom. The molecule has 0 bridgehead atoms. The highest BCUT2D eigenvalue weighted by Gasteiger charge is 2.25. The number of ether oxygens (including phenoxy) is 1. The highest BCUT2D eigenvalue weighted by atomic mass is 16.5. The molecular weight excluding hydrogens is 270 g/mol. The van der Waals surface area contributed by atoms with Crippen LogP contribution in [0.25, 0.3) is 6.08 Å². The first-order chi connectivity index (χ1) is 10.1. The molecule has 0 spiro atoms. The predicted molar refractivity (Wildman–Crippen MR) is 79.8 cm³/mol. The summed E-state index contributed by atoms with van der Waals surface area (Å²) < 4.78 is 5.52. The summed E-state index contributed by atoms with van der Waals surface area (Å²) in [5, 5.41) is 17.8. The number of carboxylic acid groups (broad SMARTS) is 1. The van der Waals surface area contributed by atoms with E-state index in [-0.39, 0.29) is 12.7 Å². The molecule has 2 unspecified atom stereocenters. The van der Waals surface area contributed by atoms with E-state index in [0.717, 1.165) is 30.3 Å². The van der Waals surface area contributed by atoms with Crippen LogP contribution in [0.5, 0.6) is 0 Å². The zero-order chi connectivity index (χ0) is 15.2.